The van der Waals surface area contributed by atoms with E-state index in [0.717, 1.165) is 5.56 Å². The van der Waals surface area contributed by atoms with E-state index in [-0.39, 0.29) is 0 Å². The lowest BCUT2D eigenvalue weighted by Gasteiger charge is -2.09. The predicted octanol–water partition coefficient (Wildman–Crippen LogP) is 4.42. The zero-order valence-electron chi connectivity index (χ0n) is 11.1. The monoisotopic (exact) mass is 255 g/mol. The van der Waals surface area contributed by atoms with Crippen molar-refractivity contribution in [3.63, 3.8) is 0 Å². The summed E-state index contributed by atoms with van der Waals surface area (Å²) < 4.78 is 5.26. The summed E-state index contributed by atoms with van der Waals surface area (Å²) in [6, 6.07) is 16.8. The van der Waals surface area contributed by atoms with E-state index < -0.39 is 6.09 Å². The normalized spacial score (nSPS) is 10.3. The minimum Gasteiger partial charge on any atom is -0.410 e. The Morgan fingerprint density at radius 1 is 1.05 bits per heavy atom. The Kier molecular flexibility index (Phi) is 4.18. The third kappa shape index (κ3) is 3.85. The molecule has 1 amide bonds. The minimum absolute atomic E-state index is 0.403. The maximum absolute atomic E-state index is 11.7. The number of benzene rings is 2. The van der Waals surface area contributed by atoms with Gasteiger partial charge in [-0.3, -0.25) is 5.32 Å². The van der Waals surface area contributed by atoms with Crippen molar-refractivity contribution in [2.45, 2.75) is 19.8 Å². The second-order valence-electron chi connectivity index (χ2n) is 4.61. The van der Waals surface area contributed by atoms with E-state index in [0.29, 0.717) is 17.4 Å². The molecule has 0 aliphatic rings. The van der Waals surface area contributed by atoms with Crippen molar-refractivity contribution in [3.8, 4) is 5.75 Å². The molecule has 3 heteroatoms. The second kappa shape index (κ2) is 6.05. The lowest BCUT2D eigenvalue weighted by molar-refractivity contribution is 0.215. The summed E-state index contributed by atoms with van der Waals surface area (Å²) in [6.45, 7) is 4.20. The Bertz CT molecular complexity index is 550. The smallest absolute Gasteiger partial charge is 0.410 e. The van der Waals surface area contributed by atoms with E-state index >= 15 is 0 Å². The van der Waals surface area contributed by atoms with Crippen LogP contribution < -0.4 is 10.1 Å². The average molecular weight is 255 g/mol. The summed E-state index contributed by atoms with van der Waals surface area (Å²) in [7, 11) is 0. The molecule has 0 saturated carbocycles. The van der Waals surface area contributed by atoms with Crippen LogP contribution in [0.15, 0.2) is 54.6 Å². The van der Waals surface area contributed by atoms with E-state index in [1.807, 2.05) is 48.5 Å². The summed E-state index contributed by atoms with van der Waals surface area (Å²) in [5.41, 5.74) is 1.86. The van der Waals surface area contributed by atoms with E-state index in [1.54, 1.807) is 6.07 Å². The molecule has 0 bridgehead atoms. The Morgan fingerprint density at radius 2 is 1.79 bits per heavy atom. The highest BCUT2D eigenvalue weighted by Gasteiger charge is 2.06. The van der Waals surface area contributed by atoms with Crippen LogP contribution in [0.25, 0.3) is 0 Å². The number of hydrogen-bond acceptors (Lipinski definition) is 2. The first-order valence-electron chi connectivity index (χ1n) is 6.29. The quantitative estimate of drug-likeness (QED) is 0.881. The number of rotatable bonds is 3. The largest absolute Gasteiger partial charge is 0.417 e. The number of carbonyl (C=O) groups is 1. The molecule has 0 aliphatic heterocycles. The zero-order valence-corrected chi connectivity index (χ0v) is 11.1. The summed E-state index contributed by atoms with van der Waals surface area (Å²) in [6.07, 6.45) is -0.480. The van der Waals surface area contributed by atoms with Crippen LogP contribution in [-0.2, 0) is 0 Å². The van der Waals surface area contributed by atoms with Crippen LogP contribution >= 0.6 is 0 Å². The first-order valence-corrected chi connectivity index (χ1v) is 6.29. The molecule has 0 heterocycles. The molecule has 0 aliphatic carbocycles. The molecule has 1 N–H and O–H groups in total. The molecule has 0 atom stereocenters. The Balaban J connectivity index is 2.01. The number of anilines is 1. The van der Waals surface area contributed by atoms with Crippen molar-refractivity contribution >= 4 is 11.8 Å². The molecular weight excluding hydrogens is 238 g/mol. The molecule has 0 fully saturated rings. The van der Waals surface area contributed by atoms with Crippen molar-refractivity contribution in [3.05, 3.63) is 60.2 Å². The van der Waals surface area contributed by atoms with Gasteiger partial charge in [-0.1, -0.05) is 44.2 Å². The number of amides is 1. The molecular formula is C16H17NO2. The molecule has 2 aromatic carbocycles. The molecule has 0 spiro atoms. The first-order chi connectivity index (χ1) is 9.15. The van der Waals surface area contributed by atoms with Gasteiger partial charge in [0.2, 0.25) is 0 Å². The fourth-order valence-electron chi connectivity index (χ4n) is 1.71. The van der Waals surface area contributed by atoms with Crippen LogP contribution in [0.1, 0.15) is 25.3 Å². The van der Waals surface area contributed by atoms with Gasteiger partial charge in [-0.15, -0.1) is 0 Å². The zero-order chi connectivity index (χ0) is 13.7. The highest BCUT2D eigenvalue weighted by Crippen LogP contribution is 2.20. The van der Waals surface area contributed by atoms with E-state index in [4.69, 9.17) is 4.74 Å². The lowest BCUT2D eigenvalue weighted by Crippen LogP contribution is -2.16. The van der Waals surface area contributed by atoms with Gasteiger partial charge in [-0.25, -0.2) is 4.79 Å². The van der Waals surface area contributed by atoms with Crippen LogP contribution in [0.4, 0.5) is 10.5 Å². The summed E-state index contributed by atoms with van der Waals surface area (Å²) >= 11 is 0. The molecule has 2 aromatic rings. The summed E-state index contributed by atoms with van der Waals surface area (Å²) in [5.74, 6) is 0.959. The lowest BCUT2D eigenvalue weighted by atomic mass is 10.0. The minimum atomic E-state index is -0.480. The van der Waals surface area contributed by atoms with Crippen molar-refractivity contribution in [2.75, 3.05) is 5.32 Å². The summed E-state index contributed by atoms with van der Waals surface area (Å²) in [4.78, 5) is 11.7. The van der Waals surface area contributed by atoms with Crippen LogP contribution in [0.5, 0.6) is 5.75 Å². The standard InChI is InChI=1S/C16H17NO2/c1-12(2)13-7-6-10-15(11-13)19-16(18)17-14-8-4-3-5-9-14/h3-12H,1-2H3,(H,17,18). The van der Waals surface area contributed by atoms with Crippen molar-refractivity contribution < 1.29 is 9.53 Å². The molecule has 0 unspecified atom stereocenters. The molecule has 0 radical (unpaired) electrons. The number of carbonyl (C=O) groups excluding carboxylic acids is 1. The van der Waals surface area contributed by atoms with Crippen LogP contribution in [-0.4, -0.2) is 6.09 Å². The highest BCUT2D eigenvalue weighted by molar-refractivity contribution is 5.86. The fraction of sp³-hybridized carbons (Fsp3) is 0.188. The van der Waals surface area contributed by atoms with Crippen molar-refractivity contribution in [1.29, 1.82) is 0 Å². The predicted molar refractivity (Wildman–Crippen MR) is 76.6 cm³/mol. The van der Waals surface area contributed by atoms with Crippen molar-refractivity contribution in [2.24, 2.45) is 0 Å². The maximum Gasteiger partial charge on any atom is 0.417 e. The highest BCUT2D eigenvalue weighted by atomic mass is 16.6. The van der Waals surface area contributed by atoms with E-state index in [9.17, 15) is 4.79 Å². The number of ether oxygens (including phenoxy) is 1. The van der Waals surface area contributed by atoms with Crippen LogP contribution in [0, 0.1) is 0 Å². The van der Waals surface area contributed by atoms with Gasteiger partial charge >= 0.3 is 6.09 Å². The SMILES string of the molecule is CC(C)c1cccc(OC(=O)Nc2ccccc2)c1. The average Bonchev–Trinajstić information content (AvgIpc) is 2.40. The van der Waals surface area contributed by atoms with Gasteiger partial charge in [-0.05, 0) is 35.7 Å². The van der Waals surface area contributed by atoms with Gasteiger partial charge in [0, 0.05) is 5.69 Å². The van der Waals surface area contributed by atoms with Crippen LogP contribution in [0.2, 0.25) is 0 Å². The second-order valence-corrected chi connectivity index (χ2v) is 4.61. The Morgan fingerprint density at radius 3 is 2.47 bits per heavy atom. The van der Waals surface area contributed by atoms with Gasteiger partial charge < -0.3 is 4.74 Å². The van der Waals surface area contributed by atoms with Gasteiger partial charge in [0.25, 0.3) is 0 Å². The van der Waals surface area contributed by atoms with E-state index in [1.165, 1.54) is 0 Å². The van der Waals surface area contributed by atoms with Crippen LogP contribution in [0.3, 0.4) is 0 Å². The van der Waals surface area contributed by atoms with Crippen molar-refractivity contribution in [1.82, 2.24) is 0 Å². The molecule has 0 aromatic heterocycles. The first kappa shape index (κ1) is 13.1. The Labute approximate surface area is 113 Å². The van der Waals surface area contributed by atoms with Gasteiger partial charge in [-0.2, -0.15) is 0 Å². The molecule has 3 nitrogen and oxygen atoms in total. The molecule has 0 saturated heterocycles. The Hall–Kier alpha value is -2.29. The van der Waals surface area contributed by atoms with Gasteiger partial charge in [0.15, 0.2) is 0 Å². The molecule has 19 heavy (non-hydrogen) atoms. The van der Waals surface area contributed by atoms with Gasteiger partial charge in [0.05, 0.1) is 0 Å². The number of nitrogens with one attached hydrogen (secondary N) is 1. The molecule has 2 rings (SSSR count). The third-order valence-electron chi connectivity index (χ3n) is 2.76. The number of hydrogen-bond donors (Lipinski definition) is 1. The third-order valence-corrected chi connectivity index (χ3v) is 2.76. The van der Waals surface area contributed by atoms with E-state index in [2.05, 4.69) is 19.2 Å². The topological polar surface area (TPSA) is 38.3 Å². The number of para-hydroxylation sites is 1. The van der Waals surface area contributed by atoms with Gasteiger partial charge in [0.1, 0.15) is 5.75 Å². The molecule has 98 valence electrons. The fourth-order valence-corrected chi connectivity index (χ4v) is 1.71. The summed E-state index contributed by atoms with van der Waals surface area (Å²) in [5, 5.41) is 2.68. The maximum atomic E-state index is 11.7.